The predicted octanol–water partition coefficient (Wildman–Crippen LogP) is 2.80. The van der Waals surface area contributed by atoms with Gasteiger partial charge in [-0.25, -0.2) is 0 Å². The minimum absolute atomic E-state index is 0.512. The molecule has 1 saturated carbocycles. The lowest BCUT2D eigenvalue weighted by molar-refractivity contribution is -0.154. The van der Waals surface area contributed by atoms with Crippen molar-refractivity contribution < 1.29 is 14.6 Å². The van der Waals surface area contributed by atoms with E-state index in [9.17, 15) is 9.90 Å². The number of hydrogen-bond donors (Lipinski definition) is 2. The van der Waals surface area contributed by atoms with Crippen molar-refractivity contribution in [2.24, 2.45) is 5.41 Å². The van der Waals surface area contributed by atoms with Crippen molar-refractivity contribution in [1.82, 2.24) is 5.32 Å². The van der Waals surface area contributed by atoms with Gasteiger partial charge in [-0.2, -0.15) is 0 Å². The Morgan fingerprint density at radius 3 is 2.79 bits per heavy atom. The molecular formula is C14H18BrNO3. The number of carboxylic acid groups (broad SMARTS) is 1. The van der Waals surface area contributed by atoms with Gasteiger partial charge in [-0.3, -0.25) is 4.79 Å². The van der Waals surface area contributed by atoms with Gasteiger partial charge in [0.05, 0.1) is 12.5 Å². The summed E-state index contributed by atoms with van der Waals surface area (Å²) in [6.07, 6.45) is 2.55. The lowest BCUT2D eigenvalue weighted by Gasteiger charge is -2.37. The highest BCUT2D eigenvalue weighted by Crippen LogP contribution is 2.40. The summed E-state index contributed by atoms with van der Waals surface area (Å²) in [6, 6.07) is 5.81. The Bertz CT molecular complexity index is 472. The van der Waals surface area contributed by atoms with Crippen molar-refractivity contribution in [2.45, 2.75) is 25.8 Å². The standard InChI is InChI=1S/C14H18BrNO3/c1-19-12-4-3-11(15)7-10(12)8-16-9-14(13(17)18)5-2-6-14/h3-4,7,16H,2,5-6,8-9H2,1H3,(H,17,18). The third-order valence-corrected chi connectivity index (χ3v) is 4.28. The van der Waals surface area contributed by atoms with Gasteiger partial charge in [0.1, 0.15) is 5.75 Å². The average Bonchev–Trinajstić information content (AvgIpc) is 2.32. The molecule has 1 aromatic rings. The summed E-state index contributed by atoms with van der Waals surface area (Å²) in [5, 5.41) is 12.5. The Morgan fingerprint density at radius 2 is 2.26 bits per heavy atom. The molecule has 0 bridgehead atoms. The number of carboxylic acids is 1. The maximum Gasteiger partial charge on any atom is 0.310 e. The summed E-state index contributed by atoms with van der Waals surface area (Å²) in [5.74, 6) is 0.126. The lowest BCUT2D eigenvalue weighted by atomic mass is 9.69. The van der Waals surface area contributed by atoms with Gasteiger partial charge >= 0.3 is 5.97 Å². The number of ether oxygens (including phenoxy) is 1. The summed E-state index contributed by atoms with van der Waals surface area (Å²) >= 11 is 3.43. The average molecular weight is 328 g/mol. The summed E-state index contributed by atoms with van der Waals surface area (Å²) in [6.45, 7) is 1.12. The van der Waals surface area contributed by atoms with E-state index in [0.29, 0.717) is 13.1 Å². The van der Waals surface area contributed by atoms with E-state index < -0.39 is 11.4 Å². The number of nitrogens with one attached hydrogen (secondary N) is 1. The molecule has 0 amide bonds. The molecule has 104 valence electrons. The van der Waals surface area contributed by atoms with Crippen LogP contribution in [-0.4, -0.2) is 24.7 Å². The quantitative estimate of drug-likeness (QED) is 0.843. The van der Waals surface area contributed by atoms with Crippen LogP contribution in [0.5, 0.6) is 5.75 Å². The smallest absolute Gasteiger partial charge is 0.310 e. The van der Waals surface area contributed by atoms with E-state index in [1.54, 1.807) is 7.11 Å². The highest BCUT2D eigenvalue weighted by atomic mass is 79.9. The zero-order valence-corrected chi connectivity index (χ0v) is 12.5. The molecule has 1 aromatic carbocycles. The summed E-state index contributed by atoms with van der Waals surface area (Å²) < 4.78 is 6.28. The monoisotopic (exact) mass is 327 g/mol. The summed E-state index contributed by atoms with van der Waals surface area (Å²) in [7, 11) is 1.64. The van der Waals surface area contributed by atoms with E-state index in [2.05, 4.69) is 21.2 Å². The molecule has 0 atom stereocenters. The van der Waals surface area contributed by atoms with E-state index >= 15 is 0 Å². The van der Waals surface area contributed by atoms with Crippen LogP contribution in [0.3, 0.4) is 0 Å². The second-order valence-corrected chi connectivity index (χ2v) is 5.91. The predicted molar refractivity (Wildman–Crippen MR) is 76.3 cm³/mol. The van der Waals surface area contributed by atoms with Gasteiger partial charge in [-0.15, -0.1) is 0 Å². The second-order valence-electron chi connectivity index (χ2n) is 5.00. The molecule has 0 aliphatic heterocycles. The normalized spacial score (nSPS) is 16.7. The number of aliphatic carboxylic acids is 1. The van der Waals surface area contributed by atoms with E-state index in [1.165, 1.54) is 0 Å². The fraction of sp³-hybridized carbons (Fsp3) is 0.500. The number of methoxy groups -OCH3 is 1. The first-order valence-corrected chi connectivity index (χ1v) is 7.13. The molecule has 2 rings (SSSR count). The van der Waals surface area contributed by atoms with Crippen LogP contribution in [-0.2, 0) is 11.3 Å². The van der Waals surface area contributed by atoms with Crippen LogP contribution in [0.4, 0.5) is 0 Å². The van der Waals surface area contributed by atoms with Crippen molar-refractivity contribution in [2.75, 3.05) is 13.7 Å². The van der Waals surface area contributed by atoms with Crippen LogP contribution in [0.15, 0.2) is 22.7 Å². The zero-order chi connectivity index (χ0) is 13.9. The molecule has 1 fully saturated rings. The van der Waals surface area contributed by atoms with Gasteiger partial charge in [-0.05, 0) is 31.0 Å². The van der Waals surface area contributed by atoms with Crippen molar-refractivity contribution in [1.29, 1.82) is 0 Å². The maximum absolute atomic E-state index is 11.3. The van der Waals surface area contributed by atoms with Crippen LogP contribution >= 0.6 is 15.9 Å². The molecular weight excluding hydrogens is 310 g/mol. The first-order valence-electron chi connectivity index (χ1n) is 6.34. The lowest BCUT2D eigenvalue weighted by Crippen LogP contribution is -2.46. The van der Waals surface area contributed by atoms with Crippen LogP contribution in [0.1, 0.15) is 24.8 Å². The van der Waals surface area contributed by atoms with E-state index in [1.807, 2.05) is 18.2 Å². The van der Waals surface area contributed by atoms with E-state index in [0.717, 1.165) is 35.0 Å². The van der Waals surface area contributed by atoms with Crippen molar-refractivity contribution in [3.63, 3.8) is 0 Å². The van der Waals surface area contributed by atoms with Crippen molar-refractivity contribution in [3.05, 3.63) is 28.2 Å². The van der Waals surface area contributed by atoms with Gasteiger partial charge in [0.15, 0.2) is 0 Å². The SMILES string of the molecule is COc1ccc(Br)cc1CNCC1(C(=O)O)CCC1. The molecule has 0 aromatic heterocycles. The van der Waals surface area contributed by atoms with E-state index in [-0.39, 0.29) is 0 Å². The fourth-order valence-corrected chi connectivity index (χ4v) is 2.80. The first kappa shape index (κ1) is 14.3. The molecule has 0 unspecified atom stereocenters. The largest absolute Gasteiger partial charge is 0.496 e. The molecule has 4 nitrogen and oxygen atoms in total. The topological polar surface area (TPSA) is 58.6 Å². The van der Waals surface area contributed by atoms with E-state index in [4.69, 9.17) is 4.74 Å². The van der Waals surface area contributed by atoms with Crippen LogP contribution < -0.4 is 10.1 Å². The summed E-state index contributed by atoms with van der Waals surface area (Å²) in [5.41, 5.74) is 0.468. The number of halogens is 1. The van der Waals surface area contributed by atoms with Crippen molar-refractivity contribution >= 4 is 21.9 Å². The van der Waals surface area contributed by atoms with Crippen molar-refractivity contribution in [3.8, 4) is 5.75 Å². The molecule has 19 heavy (non-hydrogen) atoms. The van der Waals surface area contributed by atoms with Gasteiger partial charge in [0, 0.05) is 23.1 Å². The summed E-state index contributed by atoms with van der Waals surface area (Å²) in [4.78, 5) is 11.3. The second kappa shape index (κ2) is 5.92. The van der Waals surface area contributed by atoms with Gasteiger partial charge in [-0.1, -0.05) is 22.4 Å². The molecule has 0 saturated heterocycles. The minimum Gasteiger partial charge on any atom is -0.496 e. The molecule has 0 spiro atoms. The van der Waals surface area contributed by atoms with Gasteiger partial charge in [0.25, 0.3) is 0 Å². The number of hydrogen-bond acceptors (Lipinski definition) is 3. The van der Waals surface area contributed by atoms with Crippen LogP contribution in [0, 0.1) is 5.41 Å². The third kappa shape index (κ3) is 3.09. The molecule has 0 radical (unpaired) electrons. The number of rotatable bonds is 6. The van der Waals surface area contributed by atoms with Gasteiger partial charge < -0.3 is 15.2 Å². The Kier molecular flexibility index (Phi) is 4.47. The molecule has 0 heterocycles. The molecule has 2 N–H and O–H groups in total. The zero-order valence-electron chi connectivity index (χ0n) is 10.9. The Balaban J connectivity index is 1.95. The fourth-order valence-electron chi connectivity index (χ4n) is 2.39. The van der Waals surface area contributed by atoms with Gasteiger partial charge in [0.2, 0.25) is 0 Å². The Labute approximate surface area is 121 Å². The number of benzene rings is 1. The number of carbonyl (C=O) groups is 1. The Morgan fingerprint density at radius 1 is 1.53 bits per heavy atom. The Hall–Kier alpha value is -1.07. The minimum atomic E-state index is -0.688. The third-order valence-electron chi connectivity index (χ3n) is 3.79. The molecule has 1 aliphatic rings. The maximum atomic E-state index is 11.3. The first-order chi connectivity index (χ1) is 9.07. The van der Waals surface area contributed by atoms with Crippen LogP contribution in [0.2, 0.25) is 0 Å². The highest BCUT2D eigenvalue weighted by molar-refractivity contribution is 9.10. The van der Waals surface area contributed by atoms with Crippen LogP contribution in [0.25, 0.3) is 0 Å². The highest BCUT2D eigenvalue weighted by Gasteiger charge is 2.43. The molecule has 5 heteroatoms. The molecule has 1 aliphatic carbocycles.